The topological polar surface area (TPSA) is 21.3 Å². The molecule has 1 N–H and O–H groups in total. The molecule has 0 atom stereocenters. The minimum absolute atomic E-state index is 0.00390. The first-order chi connectivity index (χ1) is 7.48. The summed E-state index contributed by atoms with van der Waals surface area (Å²) in [7, 11) is 0. The molecule has 0 fully saturated rings. The third-order valence-electron chi connectivity index (χ3n) is 2.58. The maximum Gasteiger partial charge on any atom is 0.0638 e. The van der Waals surface area contributed by atoms with Crippen molar-refractivity contribution in [1.29, 1.82) is 0 Å². The van der Waals surface area contributed by atoms with Gasteiger partial charge in [-0.3, -0.25) is 0 Å². The van der Waals surface area contributed by atoms with Gasteiger partial charge in [-0.1, -0.05) is 19.9 Å². The average Bonchev–Trinajstić information content (AvgIpc) is 2.16. The Morgan fingerprint density at radius 3 is 2.56 bits per heavy atom. The molecule has 0 aromatic rings. The molecule has 0 saturated carbocycles. The molecular weight excluding hydrogens is 198 g/mol. The maximum atomic E-state index is 5.88. The van der Waals surface area contributed by atoms with Crippen molar-refractivity contribution in [3.63, 3.8) is 0 Å². The first-order valence-electron chi connectivity index (χ1n) is 6.46. The summed E-state index contributed by atoms with van der Waals surface area (Å²) in [5.41, 5.74) is -0.00390. The molecule has 0 aliphatic rings. The van der Waals surface area contributed by atoms with E-state index >= 15 is 0 Å². The van der Waals surface area contributed by atoms with Gasteiger partial charge in [0.15, 0.2) is 0 Å². The number of allylic oxidation sites excluding steroid dienone is 1. The molecule has 0 aliphatic heterocycles. The predicted octanol–water partition coefficient (Wildman–Crippen LogP) is 3.53. The van der Waals surface area contributed by atoms with Crippen molar-refractivity contribution in [3.8, 4) is 0 Å². The van der Waals surface area contributed by atoms with E-state index in [2.05, 4.69) is 39.6 Å². The first kappa shape index (κ1) is 15.7. The summed E-state index contributed by atoms with van der Waals surface area (Å²) in [6.07, 6.45) is 6.44. The standard InChI is InChI=1S/C14H29NO/c1-6-7-8-9-12-16-14(4,5)10-11-15-13(2)3/h6,13,15H,1,7-12H2,2-5H3. The highest BCUT2D eigenvalue weighted by atomic mass is 16.5. The van der Waals surface area contributed by atoms with E-state index in [1.54, 1.807) is 0 Å². The number of nitrogens with one attached hydrogen (secondary N) is 1. The number of hydrogen-bond donors (Lipinski definition) is 1. The lowest BCUT2D eigenvalue weighted by Gasteiger charge is -2.26. The van der Waals surface area contributed by atoms with Crippen LogP contribution in [0.2, 0.25) is 0 Å². The van der Waals surface area contributed by atoms with Crippen molar-refractivity contribution < 1.29 is 4.74 Å². The SMILES string of the molecule is C=CCCCCOC(C)(C)CCNC(C)C. The number of hydrogen-bond acceptors (Lipinski definition) is 2. The Morgan fingerprint density at radius 2 is 2.00 bits per heavy atom. The van der Waals surface area contributed by atoms with Gasteiger partial charge in [-0.05, 0) is 46.1 Å². The van der Waals surface area contributed by atoms with E-state index in [0.29, 0.717) is 6.04 Å². The molecule has 2 nitrogen and oxygen atoms in total. The molecule has 0 aromatic carbocycles. The number of rotatable bonds is 10. The highest BCUT2D eigenvalue weighted by Gasteiger charge is 2.17. The molecule has 0 saturated heterocycles. The van der Waals surface area contributed by atoms with Gasteiger partial charge in [0.1, 0.15) is 0 Å². The smallest absolute Gasteiger partial charge is 0.0638 e. The Balaban J connectivity index is 3.49. The van der Waals surface area contributed by atoms with Gasteiger partial charge in [0.05, 0.1) is 5.60 Å². The van der Waals surface area contributed by atoms with Gasteiger partial charge in [-0.15, -0.1) is 6.58 Å². The van der Waals surface area contributed by atoms with E-state index in [4.69, 9.17) is 4.74 Å². The molecule has 2 heteroatoms. The molecule has 16 heavy (non-hydrogen) atoms. The fourth-order valence-corrected chi connectivity index (χ4v) is 1.47. The van der Waals surface area contributed by atoms with Crippen molar-refractivity contribution in [2.24, 2.45) is 0 Å². The molecule has 0 rings (SSSR count). The van der Waals surface area contributed by atoms with Crippen LogP contribution in [0.5, 0.6) is 0 Å². The number of unbranched alkanes of at least 4 members (excludes halogenated alkanes) is 2. The van der Waals surface area contributed by atoms with Crippen molar-refractivity contribution in [2.45, 2.75) is 65.0 Å². The van der Waals surface area contributed by atoms with E-state index in [1.165, 1.54) is 6.42 Å². The lowest BCUT2D eigenvalue weighted by atomic mass is 10.1. The summed E-state index contributed by atoms with van der Waals surface area (Å²) in [6.45, 7) is 14.3. The molecule has 0 heterocycles. The Hall–Kier alpha value is -0.340. The molecule has 0 amide bonds. The van der Waals surface area contributed by atoms with Crippen LogP contribution in [0, 0.1) is 0 Å². The van der Waals surface area contributed by atoms with E-state index in [-0.39, 0.29) is 5.60 Å². The van der Waals surface area contributed by atoms with Crippen LogP contribution in [-0.4, -0.2) is 24.8 Å². The zero-order valence-electron chi connectivity index (χ0n) is 11.5. The van der Waals surface area contributed by atoms with Crippen LogP contribution in [0.3, 0.4) is 0 Å². The Morgan fingerprint density at radius 1 is 1.31 bits per heavy atom. The van der Waals surface area contributed by atoms with Gasteiger partial charge in [0.2, 0.25) is 0 Å². The Labute approximate surface area is 101 Å². The molecule has 0 unspecified atom stereocenters. The first-order valence-corrected chi connectivity index (χ1v) is 6.46. The summed E-state index contributed by atoms with van der Waals surface area (Å²) >= 11 is 0. The zero-order chi connectivity index (χ0) is 12.4. The van der Waals surface area contributed by atoms with Crippen LogP contribution in [0.4, 0.5) is 0 Å². The second-order valence-corrected chi connectivity index (χ2v) is 5.25. The van der Waals surface area contributed by atoms with Gasteiger partial charge in [0, 0.05) is 12.6 Å². The molecular formula is C14H29NO. The van der Waals surface area contributed by atoms with Crippen molar-refractivity contribution in [2.75, 3.05) is 13.2 Å². The van der Waals surface area contributed by atoms with E-state index in [0.717, 1.165) is 32.4 Å². The van der Waals surface area contributed by atoms with E-state index < -0.39 is 0 Å². The summed E-state index contributed by atoms with van der Waals surface area (Å²) < 4.78 is 5.88. The minimum atomic E-state index is -0.00390. The zero-order valence-corrected chi connectivity index (χ0v) is 11.5. The summed E-state index contributed by atoms with van der Waals surface area (Å²) in [4.78, 5) is 0. The average molecular weight is 227 g/mol. The lowest BCUT2D eigenvalue weighted by molar-refractivity contribution is -0.0246. The molecule has 96 valence electrons. The monoisotopic (exact) mass is 227 g/mol. The molecule has 0 spiro atoms. The Kier molecular flexibility index (Phi) is 8.58. The predicted molar refractivity (Wildman–Crippen MR) is 71.8 cm³/mol. The lowest BCUT2D eigenvalue weighted by Crippen LogP contribution is -2.33. The van der Waals surface area contributed by atoms with Crippen LogP contribution < -0.4 is 5.32 Å². The molecule has 0 radical (unpaired) electrons. The largest absolute Gasteiger partial charge is 0.376 e. The number of ether oxygens (including phenoxy) is 1. The van der Waals surface area contributed by atoms with E-state index in [9.17, 15) is 0 Å². The fourth-order valence-electron chi connectivity index (χ4n) is 1.47. The highest BCUT2D eigenvalue weighted by Crippen LogP contribution is 2.14. The van der Waals surface area contributed by atoms with Crippen LogP contribution in [-0.2, 0) is 4.74 Å². The van der Waals surface area contributed by atoms with Gasteiger partial charge < -0.3 is 10.1 Å². The third-order valence-corrected chi connectivity index (χ3v) is 2.58. The van der Waals surface area contributed by atoms with Gasteiger partial charge >= 0.3 is 0 Å². The Bertz CT molecular complexity index is 176. The molecule has 0 aromatic heterocycles. The normalized spacial score (nSPS) is 12.1. The van der Waals surface area contributed by atoms with Gasteiger partial charge in [0.25, 0.3) is 0 Å². The van der Waals surface area contributed by atoms with Crippen molar-refractivity contribution in [1.82, 2.24) is 5.32 Å². The second-order valence-electron chi connectivity index (χ2n) is 5.25. The maximum absolute atomic E-state index is 5.88. The quantitative estimate of drug-likeness (QED) is 0.455. The summed E-state index contributed by atoms with van der Waals surface area (Å²) in [5, 5.41) is 3.42. The third kappa shape index (κ3) is 10.2. The fraction of sp³-hybridized carbons (Fsp3) is 0.857. The van der Waals surface area contributed by atoms with Crippen molar-refractivity contribution in [3.05, 3.63) is 12.7 Å². The highest BCUT2D eigenvalue weighted by molar-refractivity contribution is 4.71. The molecule has 0 bridgehead atoms. The van der Waals surface area contributed by atoms with Gasteiger partial charge in [-0.2, -0.15) is 0 Å². The van der Waals surface area contributed by atoms with Crippen molar-refractivity contribution >= 4 is 0 Å². The van der Waals surface area contributed by atoms with Crippen LogP contribution in [0.1, 0.15) is 53.4 Å². The van der Waals surface area contributed by atoms with Crippen LogP contribution >= 0.6 is 0 Å². The van der Waals surface area contributed by atoms with Gasteiger partial charge in [-0.25, -0.2) is 0 Å². The van der Waals surface area contributed by atoms with E-state index in [1.807, 2.05) is 6.08 Å². The minimum Gasteiger partial charge on any atom is -0.376 e. The van der Waals surface area contributed by atoms with Crippen LogP contribution in [0.15, 0.2) is 12.7 Å². The van der Waals surface area contributed by atoms with Crippen LogP contribution in [0.25, 0.3) is 0 Å². The molecule has 0 aliphatic carbocycles. The summed E-state index contributed by atoms with van der Waals surface area (Å²) in [5.74, 6) is 0. The second kappa shape index (κ2) is 8.77. The summed E-state index contributed by atoms with van der Waals surface area (Å²) in [6, 6.07) is 0.559.